The average molecular weight is 315 g/mol. The molecule has 1 aliphatic rings. The van der Waals surface area contributed by atoms with Gasteiger partial charge in [0, 0.05) is 13.1 Å². The van der Waals surface area contributed by atoms with Crippen LogP contribution in [-0.2, 0) is 10.0 Å². The monoisotopic (exact) mass is 315 g/mol. The van der Waals surface area contributed by atoms with Crippen molar-refractivity contribution in [1.82, 2.24) is 4.31 Å². The van der Waals surface area contributed by atoms with Gasteiger partial charge in [0.15, 0.2) is 0 Å². The predicted octanol–water partition coefficient (Wildman–Crippen LogP) is 2.19. The molecule has 7 heteroatoms. The van der Waals surface area contributed by atoms with Gasteiger partial charge in [-0.15, -0.1) is 0 Å². The Morgan fingerprint density at radius 3 is 2.38 bits per heavy atom. The van der Waals surface area contributed by atoms with E-state index in [-0.39, 0.29) is 17.4 Å². The smallest absolute Gasteiger partial charge is 0.335 e. The van der Waals surface area contributed by atoms with E-state index in [1.54, 1.807) is 0 Å². The topological polar surface area (TPSA) is 74.7 Å². The Balaban J connectivity index is 2.44. The zero-order valence-electron chi connectivity index (χ0n) is 11.9. The fraction of sp³-hybridized carbons (Fsp3) is 0.500. The quantitative estimate of drug-likeness (QED) is 0.928. The lowest BCUT2D eigenvalue weighted by atomic mass is 9.94. The summed E-state index contributed by atoms with van der Waals surface area (Å²) in [4.78, 5) is 10.4. The maximum atomic E-state index is 13.9. The molecule has 1 saturated heterocycles. The molecule has 1 aliphatic heterocycles. The molecule has 1 N–H and O–H groups in total. The molecule has 1 aromatic carbocycles. The highest BCUT2D eigenvalue weighted by molar-refractivity contribution is 7.89. The summed E-state index contributed by atoms with van der Waals surface area (Å²) in [6, 6.07) is 2.82. The summed E-state index contributed by atoms with van der Waals surface area (Å²) in [7, 11) is -4.02. The first-order valence-electron chi connectivity index (χ1n) is 6.74. The fourth-order valence-corrected chi connectivity index (χ4v) is 4.55. The summed E-state index contributed by atoms with van der Waals surface area (Å²) in [6.45, 7) is 4.54. The number of piperidine rings is 1. The highest BCUT2D eigenvalue weighted by Crippen LogP contribution is 2.28. The molecule has 2 atom stereocenters. The van der Waals surface area contributed by atoms with Crippen molar-refractivity contribution in [3.8, 4) is 0 Å². The second-order valence-corrected chi connectivity index (χ2v) is 7.62. The number of benzene rings is 1. The van der Waals surface area contributed by atoms with E-state index >= 15 is 0 Å². The molecule has 0 amide bonds. The zero-order valence-corrected chi connectivity index (χ0v) is 12.7. The second-order valence-electron chi connectivity index (χ2n) is 5.72. The van der Waals surface area contributed by atoms with Crippen LogP contribution in [0.15, 0.2) is 23.1 Å². The third-order valence-electron chi connectivity index (χ3n) is 3.63. The van der Waals surface area contributed by atoms with E-state index in [1.165, 1.54) is 4.31 Å². The van der Waals surface area contributed by atoms with Crippen molar-refractivity contribution in [1.29, 1.82) is 0 Å². The number of rotatable bonds is 3. The van der Waals surface area contributed by atoms with Gasteiger partial charge < -0.3 is 5.11 Å². The minimum atomic E-state index is -4.02. The molecule has 5 nitrogen and oxygen atoms in total. The number of carbonyl (C=O) groups is 1. The van der Waals surface area contributed by atoms with Crippen LogP contribution in [0.5, 0.6) is 0 Å². The second kappa shape index (κ2) is 5.73. The maximum Gasteiger partial charge on any atom is 0.335 e. The minimum absolute atomic E-state index is 0.189. The van der Waals surface area contributed by atoms with Gasteiger partial charge in [-0.05, 0) is 36.5 Å². The molecule has 0 bridgehead atoms. The molecule has 1 heterocycles. The van der Waals surface area contributed by atoms with Crippen LogP contribution < -0.4 is 0 Å². The van der Waals surface area contributed by atoms with Crippen molar-refractivity contribution in [3.05, 3.63) is 29.6 Å². The van der Waals surface area contributed by atoms with Crippen LogP contribution in [0.1, 0.15) is 30.6 Å². The molecule has 116 valence electrons. The number of carboxylic acid groups (broad SMARTS) is 1. The van der Waals surface area contributed by atoms with Gasteiger partial charge in [0.05, 0.1) is 5.56 Å². The summed E-state index contributed by atoms with van der Waals surface area (Å²) in [5, 5.41) is 8.93. The summed E-state index contributed by atoms with van der Waals surface area (Å²) in [6.07, 6.45) is 0.920. The number of hydrogen-bond acceptors (Lipinski definition) is 3. The number of carboxylic acids is 1. The standard InChI is InChI=1S/C14H18FNO4S/c1-9-5-10(2)8-16(7-9)21(19,20)13-6-11(14(17)18)3-4-12(13)15/h3-4,6,9-10H,5,7-8H2,1-2H3,(H,17,18)/t9-,10+. The molecular formula is C14H18FNO4S. The van der Waals surface area contributed by atoms with Gasteiger partial charge in [-0.25, -0.2) is 17.6 Å². The molecule has 2 rings (SSSR count). The van der Waals surface area contributed by atoms with Crippen LogP contribution in [0.4, 0.5) is 4.39 Å². The largest absolute Gasteiger partial charge is 0.478 e. The van der Waals surface area contributed by atoms with Gasteiger partial charge >= 0.3 is 5.97 Å². The molecule has 1 fully saturated rings. The Morgan fingerprint density at radius 2 is 1.86 bits per heavy atom. The van der Waals surface area contributed by atoms with Crippen molar-refractivity contribution < 1.29 is 22.7 Å². The zero-order chi connectivity index (χ0) is 15.8. The van der Waals surface area contributed by atoms with Crippen LogP contribution in [-0.4, -0.2) is 36.9 Å². The molecule has 0 spiro atoms. The minimum Gasteiger partial charge on any atom is -0.478 e. The number of sulfonamides is 1. The van der Waals surface area contributed by atoms with Crippen molar-refractivity contribution >= 4 is 16.0 Å². The fourth-order valence-electron chi connectivity index (χ4n) is 2.78. The van der Waals surface area contributed by atoms with Crippen molar-refractivity contribution in [3.63, 3.8) is 0 Å². The lowest BCUT2D eigenvalue weighted by Crippen LogP contribution is -2.42. The van der Waals surface area contributed by atoms with Gasteiger partial charge in [0.1, 0.15) is 10.7 Å². The van der Waals surface area contributed by atoms with Crippen LogP contribution in [0, 0.1) is 17.7 Å². The van der Waals surface area contributed by atoms with E-state index in [2.05, 4.69) is 0 Å². The SMILES string of the molecule is C[C@@H]1C[C@H](C)CN(S(=O)(=O)c2cc(C(=O)O)ccc2F)C1. The van der Waals surface area contributed by atoms with Crippen LogP contribution >= 0.6 is 0 Å². The Kier molecular flexibility index (Phi) is 4.34. The summed E-state index contributed by atoms with van der Waals surface area (Å²) in [5.41, 5.74) is -0.243. The van der Waals surface area contributed by atoms with Gasteiger partial charge in [0.25, 0.3) is 0 Å². The Bertz CT molecular complexity index is 649. The molecular weight excluding hydrogens is 297 g/mol. The Labute approximate surface area is 123 Å². The first-order valence-corrected chi connectivity index (χ1v) is 8.18. The van der Waals surface area contributed by atoms with Crippen LogP contribution in [0.25, 0.3) is 0 Å². The number of aromatic carboxylic acids is 1. The van der Waals surface area contributed by atoms with Gasteiger partial charge in [0.2, 0.25) is 10.0 Å². The van der Waals surface area contributed by atoms with Crippen molar-refractivity contribution in [2.45, 2.75) is 25.2 Å². The van der Waals surface area contributed by atoms with Crippen molar-refractivity contribution in [2.75, 3.05) is 13.1 Å². The highest BCUT2D eigenvalue weighted by Gasteiger charge is 2.33. The normalized spacial score (nSPS) is 24.0. The first-order chi connectivity index (χ1) is 9.71. The van der Waals surface area contributed by atoms with Crippen LogP contribution in [0.2, 0.25) is 0 Å². The Hall–Kier alpha value is -1.47. The lowest BCUT2D eigenvalue weighted by Gasteiger charge is -2.34. The van der Waals surface area contributed by atoms with Crippen LogP contribution in [0.3, 0.4) is 0 Å². The maximum absolute atomic E-state index is 13.9. The average Bonchev–Trinajstić information content (AvgIpc) is 2.37. The molecule has 0 radical (unpaired) electrons. The molecule has 0 saturated carbocycles. The third-order valence-corrected chi connectivity index (χ3v) is 5.48. The highest BCUT2D eigenvalue weighted by atomic mass is 32.2. The third kappa shape index (κ3) is 3.24. The summed E-state index contributed by atoms with van der Waals surface area (Å²) in [5.74, 6) is -1.83. The first kappa shape index (κ1) is 15.9. The van der Waals surface area contributed by atoms with Gasteiger partial charge in [-0.3, -0.25) is 0 Å². The number of halogens is 1. The number of hydrogen-bond donors (Lipinski definition) is 1. The van der Waals surface area contributed by atoms with E-state index in [4.69, 9.17) is 5.11 Å². The molecule has 0 aliphatic carbocycles. The van der Waals surface area contributed by atoms with E-state index in [1.807, 2.05) is 13.8 Å². The summed E-state index contributed by atoms with van der Waals surface area (Å²) < 4.78 is 40.3. The molecule has 0 aromatic heterocycles. The van der Waals surface area contributed by atoms with Gasteiger partial charge in [-0.1, -0.05) is 13.8 Å². The number of nitrogens with zero attached hydrogens (tertiary/aromatic N) is 1. The van der Waals surface area contributed by atoms with Gasteiger partial charge in [-0.2, -0.15) is 4.31 Å². The van der Waals surface area contributed by atoms with E-state index in [9.17, 15) is 17.6 Å². The van der Waals surface area contributed by atoms with E-state index < -0.39 is 26.7 Å². The molecule has 0 unspecified atom stereocenters. The summed E-state index contributed by atoms with van der Waals surface area (Å²) >= 11 is 0. The molecule has 21 heavy (non-hydrogen) atoms. The van der Waals surface area contributed by atoms with E-state index in [0.29, 0.717) is 13.1 Å². The lowest BCUT2D eigenvalue weighted by molar-refractivity contribution is 0.0696. The Morgan fingerprint density at radius 1 is 1.29 bits per heavy atom. The molecule has 1 aromatic rings. The van der Waals surface area contributed by atoms with E-state index in [0.717, 1.165) is 24.6 Å². The predicted molar refractivity (Wildman–Crippen MR) is 75.1 cm³/mol. The van der Waals surface area contributed by atoms with Crippen molar-refractivity contribution in [2.24, 2.45) is 11.8 Å².